The monoisotopic (exact) mass is 594 g/mol. The van der Waals surface area contributed by atoms with Crippen molar-refractivity contribution in [3.8, 4) is 34.5 Å². The number of hydrogen-bond donors (Lipinski definition) is 0. The van der Waals surface area contributed by atoms with Crippen molar-refractivity contribution in [1.29, 1.82) is 0 Å². The van der Waals surface area contributed by atoms with Crippen molar-refractivity contribution < 1.29 is 57.6 Å². The summed E-state index contributed by atoms with van der Waals surface area (Å²) in [6, 6.07) is 5.95. The van der Waals surface area contributed by atoms with E-state index in [0.717, 1.165) is 25.7 Å². The van der Waals surface area contributed by atoms with Crippen molar-refractivity contribution in [2.45, 2.75) is 64.6 Å². The number of ether oxygens (including phenoxy) is 6. The first-order valence-electron chi connectivity index (χ1n) is 13.7. The van der Waals surface area contributed by atoms with E-state index in [1.807, 2.05) is 0 Å². The Morgan fingerprint density at radius 1 is 0.548 bits per heavy atom. The fourth-order valence-electron chi connectivity index (χ4n) is 4.19. The third-order valence-electron chi connectivity index (χ3n) is 6.35. The SMILES string of the molecule is CCCCCCCCCC(OOC(=O)c1ccc(OC)c(OC)c1OC)OOC(=O)c1ccc(OC)c(OC)c1OC. The molecule has 0 atom stereocenters. The molecule has 2 rings (SSSR count). The number of unbranched alkanes of at least 4 members (excludes halogenated alkanes) is 6. The summed E-state index contributed by atoms with van der Waals surface area (Å²) in [6.07, 6.45) is 6.29. The largest absolute Gasteiger partial charge is 0.493 e. The Labute approximate surface area is 246 Å². The van der Waals surface area contributed by atoms with Gasteiger partial charge >= 0.3 is 11.9 Å². The lowest BCUT2D eigenvalue weighted by Gasteiger charge is -2.18. The molecule has 0 saturated carbocycles. The molecule has 2 aromatic carbocycles. The normalized spacial score (nSPS) is 10.7. The van der Waals surface area contributed by atoms with Crippen LogP contribution in [0.2, 0.25) is 0 Å². The maximum absolute atomic E-state index is 12.9. The van der Waals surface area contributed by atoms with Crippen molar-refractivity contribution in [3.05, 3.63) is 35.4 Å². The molecule has 0 amide bonds. The molecule has 2 aromatic rings. The molecule has 0 spiro atoms. The fraction of sp³-hybridized carbons (Fsp3) is 0.533. The quantitative estimate of drug-likeness (QED) is 0.0763. The fourth-order valence-corrected chi connectivity index (χ4v) is 4.19. The topological polar surface area (TPSA) is 126 Å². The van der Waals surface area contributed by atoms with E-state index in [-0.39, 0.29) is 40.5 Å². The molecule has 0 aliphatic rings. The molecule has 0 N–H and O–H groups in total. The molecule has 0 aliphatic carbocycles. The molecule has 0 heterocycles. The second kappa shape index (κ2) is 18.5. The number of carbonyl (C=O) groups excluding carboxylic acids is 2. The Hall–Kier alpha value is -3.90. The average Bonchev–Trinajstić information content (AvgIpc) is 3.02. The first kappa shape index (κ1) is 34.3. The Morgan fingerprint density at radius 3 is 1.33 bits per heavy atom. The van der Waals surface area contributed by atoms with Crippen LogP contribution in [0.15, 0.2) is 24.3 Å². The van der Waals surface area contributed by atoms with E-state index in [0.29, 0.717) is 17.9 Å². The van der Waals surface area contributed by atoms with Crippen LogP contribution in [0.4, 0.5) is 0 Å². The number of carbonyl (C=O) groups is 2. The molecular weight excluding hydrogens is 552 g/mol. The highest BCUT2D eigenvalue weighted by atomic mass is 17.3. The highest BCUT2D eigenvalue weighted by Crippen LogP contribution is 2.41. The Bertz CT molecular complexity index is 1050. The summed E-state index contributed by atoms with van der Waals surface area (Å²) in [4.78, 5) is 46.6. The second-order valence-corrected chi connectivity index (χ2v) is 9.04. The van der Waals surface area contributed by atoms with Gasteiger partial charge in [-0.3, -0.25) is 9.78 Å². The molecule has 0 aliphatic heterocycles. The van der Waals surface area contributed by atoms with Gasteiger partial charge in [0.1, 0.15) is 11.1 Å². The summed E-state index contributed by atoms with van der Waals surface area (Å²) >= 11 is 0. The van der Waals surface area contributed by atoms with Gasteiger partial charge in [0.2, 0.25) is 17.8 Å². The van der Waals surface area contributed by atoms with Gasteiger partial charge in [0.05, 0.1) is 42.7 Å². The molecule has 0 radical (unpaired) electrons. The number of methoxy groups -OCH3 is 6. The van der Waals surface area contributed by atoms with Gasteiger partial charge in [-0.1, -0.05) is 45.4 Å². The minimum Gasteiger partial charge on any atom is -0.493 e. The van der Waals surface area contributed by atoms with Crippen LogP contribution in [0.25, 0.3) is 0 Å². The first-order chi connectivity index (χ1) is 20.4. The van der Waals surface area contributed by atoms with Gasteiger partial charge in [-0.25, -0.2) is 9.59 Å². The van der Waals surface area contributed by atoms with Crippen LogP contribution in [0, 0.1) is 0 Å². The molecular formula is C30H42O12. The smallest absolute Gasteiger partial charge is 0.377 e. The predicted octanol–water partition coefficient (Wildman–Crippen LogP) is 6.08. The van der Waals surface area contributed by atoms with Gasteiger partial charge < -0.3 is 28.4 Å². The van der Waals surface area contributed by atoms with E-state index in [4.69, 9.17) is 48.0 Å². The number of hydrogen-bond acceptors (Lipinski definition) is 12. The van der Waals surface area contributed by atoms with Crippen molar-refractivity contribution in [3.63, 3.8) is 0 Å². The first-order valence-corrected chi connectivity index (χ1v) is 13.7. The Kier molecular flexibility index (Phi) is 15.1. The third kappa shape index (κ3) is 9.31. The summed E-state index contributed by atoms with van der Waals surface area (Å²) < 4.78 is 31.9. The minimum atomic E-state index is -1.22. The van der Waals surface area contributed by atoms with Crippen molar-refractivity contribution in [2.24, 2.45) is 0 Å². The molecule has 234 valence electrons. The summed E-state index contributed by atoms with van der Waals surface area (Å²) in [7, 11) is 8.51. The molecule has 0 aromatic heterocycles. The summed E-state index contributed by atoms with van der Waals surface area (Å²) in [5.41, 5.74) is 0.0498. The van der Waals surface area contributed by atoms with Gasteiger partial charge in [-0.15, -0.1) is 9.78 Å². The van der Waals surface area contributed by atoms with Gasteiger partial charge in [0.15, 0.2) is 23.0 Å². The van der Waals surface area contributed by atoms with E-state index >= 15 is 0 Å². The van der Waals surface area contributed by atoms with E-state index in [2.05, 4.69) is 6.92 Å². The van der Waals surface area contributed by atoms with Gasteiger partial charge in [0, 0.05) is 6.42 Å². The lowest BCUT2D eigenvalue weighted by molar-refractivity contribution is -0.421. The molecule has 42 heavy (non-hydrogen) atoms. The summed E-state index contributed by atoms with van der Waals surface area (Å²) in [6.45, 7) is 2.16. The third-order valence-corrected chi connectivity index (χ3v) is 6.35. The van der Waals surface area contributed by atoms with Crippen LogP contribution in [0.5, 0.6) is 34.5 Å². The molecule has 0 saturated heterocycles. The number of rotatable bonds is 20. The van der Waals surface area contributed by atoms with E-state index < -0.39 is 18.2 Å². The zero-order chi connectivity index (χ0) is 30.9. The predicted molar refractivity (Wildman–Crippen MR) is 152 cm³/mol. The molecule has 12 heteroatoms. The van der Waals surface area contributed by atoms with Crippen molar-refractivity contribution in [1.82, 2.24) is 0 Å². The highest BCUT2D eigenvalue weighted by molar-refractivity contribution is 5.94. The maximum atomic E-state index is 12.9. The van der Waals surface area contributed by atoms with Gasteiger partial charge in [-0.05, 0) is 30.7 Å². The summed E-state index contributed by atoms with van der Waals surface area (Å²) in [5, 5.41) is 0. The maximum Gasteiger partial charge on any atom is 0.377 e. The summed E-state index contributed by atoms with van der Waals surface area (Å²) in [5.74, 6) is -0.410. The van der Waals surface area contributed by atoms with Crippen LogP contribution in [0.1, 0.15) is 79.0 Å². The van der Waals surface area contributed by atoms with Crippen LogP contribution in [-0.4, -0.2) is 60.9 Å². The van der Waals surface area contributed by atoms with Gasteiger partial charge in [0.25, 0.3) is 0 Å². The van der Waals surface area contributed by atoms with E-state index in [1.165, 1.54) is 79.8 Å². The van der Waals surface area contributed by atoms with Crippen LogP contribution < -0.4 is 28.4 Å². The Morgan fingerprint density at radius 2 is 0.952 bits per heavy atom. The van der Waals surface area contributed by atoms with Gasteiger partial charge in [-0.2, -0.15) is 0 Å². The molecule has 0 bridgehead atoms. The van der Waals surface area contributed by atoms with E-state index in [1.54, 1.807) is 0 Å². The van der Waals surface area contributed by atoms with Crippen LogP contribution >= 0.6 is 0 Å². The van der Waals surface area contributed by atoms with Crippen molar-refractivity contribution >= 4 is 11.9 Å². The molecule has 0 unspecified atom stereocenters. The zero-order valence-electron chi connectivity index (χ0n) is 25.4. The second-order valence-electron chi connectivity index (χ2n) is 9.04. The van der Waals surface area contributed by atoms with Crippen LogP contribution in [-0.2, 0) is 19.6 Å². The lowest BCUT2D eigenvalue weighted by Crippen LogP contribution is -2.22. The molecule has 12 nitrogen and oxygen atoms in total. The standard InChI is InChI=1S/C30H42O12/c1-8-9-10-11-12-13-14-15-24(39-41-29(31)20-16-18-22(33-2)27(37-6)25(20)35-4)40-42-30(32)21-17-19-23(34-3)28(38-7)26(21)36-5/h16-19,24H,8-15H2,1-7H3. The van der Waals surface area contributed by atoms with Crippen molar-refractivity contribution in [2.75, 3.05) is 42.7 Å². The van der Waals surface area contributed by atoms with E-state index in [9.17, 15) is 9.59 Å². The number of benzene rings is 2. The zero-order valence-corrected chi connectivity index (χ0v) is 25.4. The molecule has 0 fully saturated rings. The average molecular weight is 595 g/mol. The highest BCUT2D eigenvalue weighted by Gasteiger charge is 2.27. The lowest BCUT2D eigenvalue weighted by atomic mass is 10.1. The van der Waals surface area contributed by atoms with Crippen LogP contribution in [0.3, 0.4) is 0 Å². The minimum absolute atomic E-state index is 0.0249. The Balaban J connectivity index is 2.14.